The number of methoxy groups -OCH3 is 2. The molecule has 0 saturated heterocycles. The molecular weight excluding hydrogens is 320 g/mol. The Morgan fingerprint density at radius 3 is 2.40 bits per heavy atom. The van der Waals surface area contributed by atoms with E-state index in [4.69, 9.17) is 9.47 Å². The van der Waals surface area contributed by atoms with Crippen molar-refractivity contribution in [1.82, 2.24) is 5.32 Å². The molecule has 0 bridgehead atoms. The van der Waals surface area contributed by atoms with Gasteiger partial charge in [-0.2, -0.15) is 0 Å². The van der Waals surface area contributed by atoms with Crippen LogP contribution in [0.25, 0.3) is 0 Å². The van der Waals surface area contributed by atoms with E-state index >= 15 is 0 Å². The Bertz CT molecular complexity index is 717. The van der Waals surface area contributed by atoms with Crippen molar-refractivity contribution in [2.24, 2.45) is 0 Å². The molecule has 2 rings (SSSR count). The van der Waals surface area contributed by atoms with E-state index in [1.54, 1.807) is 25.3 Å². The van der Waals surface area contributed by atoms with Crippen molar-refractivity contribution in [3.63, 3.8) is 0 Å². The molecule has 0 aliphatic heterocycles. The second kappa shape index (κ2) is 9.32. The first-order valence-electron chi connectivity index (χ1n) is 7.95. The van der Waals surface area contributed by atoms with Crippen molar-refractivity contribution in [3.05, 3.63) is 54.1 Å². The van der Waals surface area contributed by atoms with E-state index in [1.165, 1.54) is 7.11 Å². The van der Waals surface area contributed by atoms with Crippen LogP contribution >= 0.6 is 0 Å². The zero-order chi connectivity index (χ0) is 18.1. The van der Waals surface area contributed by atoms with Gasteiger partial charge in [-0.05, 0) is 17.7 Å². The van der Waals surface area contributed by atoms with Crippen LogP contribution in [0.4, 0.5) is 5.69 Å². The Kier molecular flexibility index (Phi) is 6.83. The third-order valence-electron chi connectivity index (χ3n) is 3.56. The third-order valence-corrected chi connectivity index (χ3v) is 3.56. The summed E-state index contributed by atoms with van der Waals surface area (Å²) in [7, 11) is 3.08. The highest BCUT2D eigenvalue weighted by Crippen LogP contribution is 2.28. The molecule has 0 atom stereocenters. The maximum atomic E-state index is 12.0. The molecule has 0 spiro atoms. The Labute approximate surface area is 147 Å². The highest BCUT2D eigenvalue weighted by atomic mass is 16.5. The maximum Gasteiger partial charge on any atom is 0.226 e. The fraction of sp³-hybridized carbons (Fsp3) is 0.263. The van der Waals surface area contributed by atoms with Gasteiger partial charge in [0.1, 0.15) is 11.5 Å². The molecule has 2 N–H and O–H groups in total. The van der Waals surface area contributed by atoms with Gasteiger partial charge in [0.25, 0.3) is 0 Å². The minimum Gasteiger partial charge on any atom is -0.497 e. The lowest BCUT2D eigenvalue weighted by Gasteiger charge is -2.12. The SMILES string of the molecule is COc1ccc(NC(=O)CCNC(=O)Cc2ccccc2)c(OC)c1. The average Bonchev–Trinajstić information content (AvgIpc) is 2.62. The molecule has 0 aliphatic rings. The molecule has 2 aromatic rings. The lowest BCUT2D eigenvalue weighted by atomic mass is 10.1. The number of anilines is 1. The molecule has 0 unspecified atom stereocenters. The Morgan fingerprint density at radius 2 is 1.72 bits per heavy atom. The van der Waals surface area contributed by atoms with Crippen LogP contribution in [-0.2, 0) is 16.0 Å². The predicted molar refractivity (Wildman–Crippen MR) is 95.9 cm³/mol. The topological polar surface area (TPSA) is 76.7 Å². The number of nitrogens with one attached hydrogen (secondary N) is 2. The van der Waals surface area contributed by atoms with E-state index in [0.717, 1.165) is 5.56 Å². The Balaban J connectivity index is 1.78. The number of hydrogen-bond acceptors (Lipinski definition) is 4. The van der Waals surface area contributed by atoms with E-state index in [9.17, 15) is 9.59 Å². The van der Waals surface area contributed by atoms with Crippen molar-refractivity contribution < 1.29 is 19.1 Å². The van der Waals surface area contributed by atoms with Crippen LogP contribution in [0.2, 0.25) is 0 Å². The summed E-state index contributed by atoms with van der Waals surface area (Å²) in [6.07, 6.45) is 0.477. The quantitative estimate of drug-likeness (QED) is 0.772. The van der Waals surface area contributed by atoms with Crippen LogP contribution in [0.5, 0.6) is 11.5 Å². The predicted octanol–water partition coefficient (Wildman–Crippen LogP) is 2.39. The first-order chi connectivity index (χ1) is 12.1. The largest absolute Gasteiger partial charge is 0.497 e. The average molecular weight is 342 g/mol. The summed E-state index contributed by atoms with van der Waals surface area (Å²) in [4.78, 5) is 23.9. The Morgan fingerprint density at radius 1 is 0.960 bits per heavy atom. The highest BCUT2D eigenvalue weighted by molar-refractivity contribution is 5.92. The number of benzene rings is 2. The number of hydrogen-bond donors (Lipinski definition) is 2. The van der Waals surface area contributed by atoms with E-state index in [1.807, 2.05) is 30.3 Å². The monoisotopic (exact) mass is 342 g/mol. The molecule has 2 aromatic carbocycles. The zero-order valence-corrected chi connectivity index (χ0v) is 14.4. The van der Waals surface area contributed by atoms with Gasteiger partial charge in [-0.3, -0.25) is 9.59 Å². The molecule has 0 fully saturated rings. The number of rotatable bonds is 8. The van der Waals surface area contributed by atoms with E-state index in [-0.39, 0.29) is 24.8 Å². The van der Waals surface area contributed by atoms with Gasteiger partial charge in [0.2, 0.25) is 11.8 Å². The standard InChI is InChI=1S/C19H22N2O4/c1-24-15-8-9-16(17(13-15)25-2)21-18(22)10-11-20-19(23)12-14-6-4-3-5-7-14/h3-9,13H,10-12H2,1-2H3,(H,20,23)(H,21,22). The number of amides is 2. The first-order valence-corrected chi connectivity index (χ1v) is 7.95. The van der Waals surface area contributed by atoms with Crippen molar-refractivity contribution in [3.8, 4) is 11.5 Å². The van der Waals surface area contributed by atoms with Crippen LogP contribution < -0.4 is 20.1 Å². The molecule has 132 valence electrons. The van der Waals surface area contributed by atoms with Crippen molar-refractivity contribution in [2.75, 3.05) is 26.1 Å². The summed E-state index contributed by atoms with van der Waals surface area (Å²) in [6, 6.07) is 14.6. The van der Waals surface area contributed by atoms with E-state index in [0.29, 0.717) is 23.6 Å². The number of carbonyl (C=O) groups is 2. The summed E-state index contributed by atoms with van der Waals surface area (Å²) in [5.41, 5.74) is 1.50. The minimum absolute atomic E-state index is 0.110. The Hall–Kier alpha value is -3.02. The van der Waals surface area contributed by atoms with Crippen LogP contribution in [0.15, 0.2) is 48.5 Å². The molecule has 0 aliphatic carbocycles. The van der Waals surface area contributed by atoms with Gasteiger partial charge in [-0.25, -0.2) is 0 Å². The fourth-order valence-corrected chi connectivity index (χ4v) is 2.27. The van der Waals surface area contributed by atoms with Crippen LogP contribution in [-0.4, -0.2) is 32.6 Å². The van der Waals surface area contributed by atoms with Gasteiger partial charge in [0, 0.05) is 19.0 Å². The molecule has 0 radical (unpaired) electrons. The fourth-order valence-electron chi connectivity index (χ4n) is 2.27. The van der Waals surface area contributed by atoms with Gasteiger partial charge < -0.3 is 20.1 Å². The summed E-state index contributed by atoms with van der Waals surface area (Å²) in [5, 5.41) is 5.51. The smallest absolute Gasteiger partial charge is 0.226 e. The molecule has 25 heavy (non-hydrogen) atoms. The van der Waals surface area contributed by atoms with Gasteiger partial charge in [-0.15, -0.1) is 0 Å². The van der Waals surface area contributed by atoms with Crippen LogP contribution in [0.3, 0.4) is 0 Å². The molecule has 2 amide bonds. The van der Waals surface area contributed by atoms with Crippen molar-refractivity contribution in [2.45, 2.75) is 12.8 Å². The van der Waals surface area contributed by atoms with Gasteiger partial charge in [0.15, 0.2) is 0 Å². The van der Waals surface area contributed by atoms with Crippen LogP contribution in [0, 0.1) is 0 Å². The second-order valence-electron chi connectivity index (χ2n) is 5.38. The third kappa shape index (κ3) is 5.84. The highest BCUT2D eigenvalue weighted by Gasteiger charge is 2.09. The van der Waals surface area contributed by atoms with Crippen LogP contribution in [0.1, 0.15) is 12.0 Å². The summed E-state index contributed by atoms with van der Waals surface area (Å²) in [5.74, 6) is 0.841. The number of ether oxygens (including phenoxy) is 2. The van der Waals surface area contributed by atoms with Crippen molar-refractivity contribution >= 4 is 17.5 Å². The summed E-state index contributed by atoms with van der Waals surface area (Å²) >= 11 is 0. The lowest BCUT2D eigenvalue weighted by Crippen LogP contribution is -2.28. The molecule has 6 nitrogen and oxygen atoms in total. The molecular formula is C19H22N2O4. The van der Waals surface area contributed by atoms with E-state index in [2.05, 4.69) is 10.6 Å². The maximum absolute atomic E-state index is 12.0. The molecule has 6 heteroatoms. The zero-order valence-electron chi connectivity index (χ0n) is 14.4. The molecule has 0 aromatic heterocycles. The molecule has 0 heterocycles. The van der Waals surface area contributed by atoms with Gasteiger partial charge in [0.05, 0.1) is 26.3 Å². The van der Waals surface area contributed by atoms with Gasteiger partial charge in [-0.1, -0.05) is 30.3 Å². The number of carbonyl (C=O) groups excluding carboxylic acids is 2. The minimum atomic E-state index is -0.205. The summed E-state index contributed by atoms with van der Waals surface area (Å²) < 4.78 is 10.3. The van der Waals surface area contributed by atoms with E-state index < -0.39 is 0 Å². The normalized spacial score (nSPS) is 10.0. The van der Waals surface area contributed by atoms with Gasteiger partial charge >= 0.3 is 0 Å². The second-order valence-corrected chi connectivity index (χ2v) is 5.38. The van der Waals surface area contributed by atoms with Crippen molar-refractivity contribution in [1.29, 1.82) is 0 Å². The molecule has 0 saturated carbocycles. The summed E-state index contributed by atoms with van der Waals surface area (Å²) in [6.45, 7) is 0.274. The first kappa shape index (κ1) is 18.3. The lowest BCUT2D eigenvalue weighted by molar-refractivity contribution is -0.120.